The molecule has 1 aromatic heterocycles. The number of aromatic nitrogens is 1. The zero-order valence-corrected chi connectivity index (χ0v) is 22.9. The largest absolute Gasteiger partial charge is 0.490 e. The second kappa shape index (κ2) is 12.4. The molecule has 5 aromatic rings. The molecule has 0 aliphatic carbocycles. The first-order valence-electron chi connectivity index (χ1n) is 12.5. The molecule has 0 saturated heterocycles. The van der Waals surface area contributed by atoms with Crippen molar-refractivity contribution in [3.63, 3.8) is 0 Å². The van der Waals surface area contributed by atoms with E-state index in [4.69, 9.17) is 14.5 Å². The smallest absolute Gasteiger partial charge is 0.272 e. The number of benzene rings is 4. The van der Waals surface area contributed by atoms with Gasteiger partial charge in [-0.25, -0.2) is 10.4 Å². The summed E-state index contributed by atoms with van der Waals surface area (Å²) in [4.78, 5) is 18.0. The maximum absolute atomic E-state index is 13.3. The number of hydrazone groups is 1. The molecular weight excluding hydrogens is 554 g/mol. The average molecular weight is 580 g/mol. The van der Waals surface area contributed by atoms with Gasteiger partial charge in [0, 0.05) is 21.0 Å². The van der Waals surface area contributed by atoms with Crippen molar-refractivity contribution in [1.29, 1.82) is 0 Å². The zero-order valence-electron chi connectivity index (χ0n) is 21.3. The number of nitrogens with one attached hydrogen (secondary N) is 1. The predicted molar refractivity (Wildman–Crippen MR) is 158 cm³/mol. The number of para-hydroxylation sites is 1. The first-order valence-corrected chi connectivity index (χ1v) is 13.3. The van der Waals surface area contributed by atoms with E-state index in [1.165, 1.54) is 0 Å². The van der Waals surface area contributed by atoms with Crippen molar-refractivity contribution in [2.75, 3.05) is 6.61 Å². The third-order valence-electron chi connectivity index (χ3n) is 6.00. The fourth-order valence-corrected chi connectivity index (χ4v) is 4.53. The topological polar surface area (TPSA) is 72.8 Å². The van der Waals surface area contributed by atoms with E-state index in [0.717, 1.165) is 37.8 Å². The van der Waals surface area contributed by atoms with E-state index < -0.39 is 0 Å². The molecule has 5 rings (SSSR count). The van der Waals surface area contributed by atoms with Gasteiger partial charge in [0.2, 0.25) is 0 Å². The number of pyridine rings is 1. The molecule has 0 aliphatic heterocycles. The lowest BCUT2D eigenvalue weighted by Crippen LogP contribution is -2.18. The fraction of sp³-hybridized carbons (Fsp3) is 0.0938. The molecule has 0 bridgehead atoms. The Kier molecular flexibility index (Phi) is 8.29. The summed E-state index contributed by atoms with van der Waals surface area (Å²) in [6.45, 7) is 2.82. The first kappa shape index (κ1) is 26.1. The third kappa shape index (κ3) is 6.33. The van der Waals surface area contributed by atoms with Gasteiger partial charge in [0.05, 0.1) is 29.6 Å². The molecule has 39 heavy (non-hydrogen) atoms. The van der Waals surface area contributed by atoms with Crippen LogP contribution in [0.5, 0.6) is 11.5 Å². The van der Waals surface area contributed by atoms with Gasteiger partial charge in [-0.2, -0.15) is 5.10 Å². The number of fused-ring (bicyclic) bond motifs is 1. The minimum atomic E-state index is -0.328. The molecule has 0 atom stereocenters. The molecule has 0 saturated carbocycles. The molecule has 7 heteroatoms. The number of nitrogens with zero attached hydrogens (tertiary/aromatic N) is 2. The number of carbonyl (C=O) groups excluding carboxylic acids is 1. The van der Waals surface area contributed by atoms with Gasteiger partial charge >= 0.3 is 0 Å². The lowest BCUT2D eigenvalue weighted by atomic mass is 10.0. The van der Waals surface area contributed by atoms with Crippen molar-refractivity contribution in [2.24, 2.45) is 5.10 Å². The number of ether oxygens (including phenoxy) is 2. The van der Waals surface area contributed by atoms with E-state index in [-0.39, 0.29) is 5.91 Å². The normalized spacial score (nSPS) is 11.0. The quantitative estimate of drug-likeness (QED) is 0.146. The molecule has 1 amide bonds. The van der Waals surface area contributed by atoms with Gasteiger partial charge in [0.15, 0.2) is 11.5 Å². The summed E-state index contributed by atoms with van der Waals surface area (Å²) in [5.41, 5.74) is 7.35. The molecule has 4 aromatic carbocycles. The Morgan fingerprint density at radius 2 is 1.59 bits per heavy atom. The molecule has 0 spiro atoms. The van der Waals surface area contributed by atoms with Crippen molar-refractivity contribution in [1.82, 2.24) is 10.4 Å². The Labute approximate surface area is 235 Å². The number of hydrogen-bond donors (Lipinski definition) is 1. The van der Waals surface area contributed by atoms with Crippen LogP contribution in [0.2, 0.25) is 0 Å². The maximum Gasteiger partial charge on any atom is 0.272 e. The Morgan fingerprint density at radius 1 is 0.897 bits per heavy atom. The van der Waals surface area contributed by atoms with Crippen LogP contribution in [0.15, 0.2) is 113 Å². The van der Waals surface area contributed by atoms with Crippen LogP contribution in [-0.4, -0.2) is 23.7 Å². The van der Waals surface area contributed by atoms with E-state index in [0.29, 0.717) is 30.3 Å². The highest BCUT2D eigenvalue weighted by Crippen LogP contribution is 2.34. The SMILES string of the molecule is CCOc1cc(/C=N/NC(=O)c2cc(-c3ccccc3)nc3ccccc23)c(Br)cc1OCc1ccccc1. The average Bonchev–Trinajstić information content (AvgIpc) is 2.98. The summed E-state index contributed by atoms with van der Waals surface area (Å²) < 4.78 is 12.6. The minimum Gasteiger partial charge on any atom is -0.490 e. The molecule has 6 nitrogen and oxygen atoms in total. The standard InChI is InChI=1S/C32H26BrN3O3/c1-2-38-30-17-24(27(33)19-31(30)39-21-22-11-5-3-6-12-22)20-34-36-32(37)26-18-29(23-13-7-4-8-14-23)35-28-16-10-9-15-25(26)28/h3-20H,2,21H2,1H3,(H,36,37)/b34-20+. The second-order valence-electron chi connectivity index (χ2n) is 8.67. The molecule has 0 aliphatic rings. The number of halogens is 1. The molecule has 1 N–H and O–H groups in total. The maximum atomic E-state index is 13.3. The van der Waals surface area contributed by atoms with Gasteiger partial charge < -0.3 is 9.47 Å². The fourth-order valence-electron chi connectivity index (χ4n) is 4.11. The van der Waals surface area contributed by atoms with Gasteiger partial charge in [-0.15, -0.1) is 0 Å². The summed E-state index contributed by atoms with van der Waals surface area (Å²) in [7, 11) is 0. The minimum absolute atomic E-state index is 0.328. The van der Waals surface area contributed by atoms with Crippen LogP contribution in [0.1, 0.15) is 28.4 Å². The Balaban J connectivity index is 1.37. The van der Waals surface area contributed by atoms with Crippen molar-refractivity contribution < 1.29 is 14.3 Å². The first-order chi connectivity index (χ1) is 19.1. The molecular formula is C32H26BrN3O3. The van der Waals surface area contributed by atoms with Crippen LogP contribution >= 0.6 is 15.9 Å². The van der Waals surface area contributed by atoms with Gasteiger partial charge in [0.1, 0.15) is 6.61 Å². The number of carbonyl (C=O) groups is 1. The summed E-state index contributed by atoms with van der Waals surface area (Å²) >= 11 is 3.59. The van der Waals surface area contributed by atoms with Crippen LogP contribution in [-0.2, 0) is 6.61 Å². The Hall–Kier alpha value is -4.49. The highest BCUT2D eigenvalue weighted by molar-refractivity contribution is 9.10. The summed E-state index contributed by atoms with van der Waals surface area (Å²) in [6.07, 6.45) is 1.58. The second-order valence-corrected chi connectivity index (χ2v) is 9.52. The highest BCUT2D eigenvalue weighted by atomic mass is 79.9. The highest BCUT2D eigenvalue weighted by Gasteiger charge is 2.14. The van der Waals surface area contributed by atoms with Gasteiger partial charge in [-0.1, -0.05) is 78.9 Å². The molecule has 0 radical (unpaired) electrons. The lowest BCUT2D eigenvalue weighted by Gasteiger charge is -2.14. The number of rotatable bonds is 9. The molecule has 1 heterocycles. The predicted octanol–water partition coefficient (Wildman–Crippen LogP) is 7.41. The molecule has 194 valence electrons. The van der Waals surface area contributed by atoms with Crippen LogP contribution in [0.4, 0.5) is 0 Å². The van der Waals surface area contributed by atoms with E-state index in [1.54, 1.807) is 12.3 Å². The van der Waals surface area contributed by atoms with Crippen molar-refractivity contribution >= 4 is 39.0 Å². The van der Waals surface area contributed by atoms with Gasteiger partial charge in [-0.05, 0) is 52.7 Å². The molecule has 0 unspecified atom stereocenters. The van der Waals surface area contributed by atoms with Crippen molar-refractivity contribution in [2.45, 2.75) is 13.5 Å². The van der Waals surface area contributed by atoms with Crippen molar-refractivity contribution in [3.8, 4) is 22.8 Å². The van der Waals surface area contributed by atoms with Gasteiger partial charge in [0.25, 0.3) is 5.91 Å². The summed E-state index contributed by atoms with van der Waals surface area (Å²) in [6, 6.07) is 32.8. The van der Waals surface area contributed by atoms with E-state index in [1.807, 2.05) is 104 Å². The van der Waals surface area contributed by atoms with E-state index >= 15 is 0 Å². The Morgan fingerprint density at radius 3 is 2.36 bits per heavy atom. The number of hydrogen-bond acceptors (Lipinski definition) is 5. The van der Waals surface area contributed by atoms with Crippen molar-refractivity contribution in [3.05, 3.63) is 124 Å². The number of amides is 1. The summed E-state index contributed by atoms with van der Waals surface area (Å²) in [5, 5.41) is 5.00. The summed E-state index contributed by atoms with van der Waals surface area (Å²) in [5.74, 6) is 0.883. The van der Waals surface area contributed by atoms with Crippen LogP contribution in [0.25, 0.3) is 22.2 Å². The molecule has 0 fully saturated rings. The van der Waals surface area contributed by atoms with Crippen LogP contribution < -0.4 is 14.9 Å². The lowest BCUT2D eigenvalue weighted by molar-refractivity contribution is 0.0956. The van der Waals surface area contributed by atoms with E-state index in [2.05, 4.69) is 26.5 Å². The van der Waals surface area contributed by atoms with Crippen LogP contribution in [0, 0.1) is 0 Å². The zero-order chi connectivity index (χ0) is 27.0. The Bertz CT molecular complexity index is 1620. The van der Waals surface area contributed by atoms with E-state index in [9.17, 15) is 4.79 Å². The third-order valence-corrected chi connectivity index (χ3v) is 6.69. The van der Waals surface area contributed by atoms with Crippen LogP contribution in [0.3, 0.4) is 0 Å². The van der Waals surface area contributed by atoms with Gasteiger partial charge in [-0.3, -0.25) is 4.79 Å². The monoisotopic (exact) mass is 579 g/mol.